The van der Waals surface area contributed by atoms with E-state index in [2.05, 4.69) is 24.3 Å². The maximum atomic E-state index is 12.3. The lowest BCUT2D eigenvalue weighted by Gasteiger charge is -2.25. The zero-order chi connectivity index (χ0) is 13.2. The number of nitrogens with two attached hydrogens (primary N) is 1. The summed E-state index contributed by atoms with van der Waals surface area (Å²) in [6, 6.07) is 10.2. The van der Waals surface area contributed by atoms with Crippen LogP contribution in [0.5, 0.6) is 0 Å². The van der Waals surface area contributed by atoms with Crippen molar-refractivity contribution >= 4 is 5.91 Å². The Hall–Kier alpha value is -1.35. The van der Waals surface area contributed by atoms with Crippen LogP contribution in [0.3, 0.4) is 0 Å². The lowest BCUT2D eigenvalue weighted by Crippen LogP contribution is -2.43. The van der Waals surface area contributed by atoms with Crippen molar-refractivity contribution in [3.63, 3.8) is 0 Å². The lowest BCUT2D eigenvalue weighted by atomic mass is 9.94. The van der Waals surface area contributed by atoms with Gasteiger partial charge in [0.15, 0.2) is 0 Å². The number of hydrogen-bond donors (Lipinski definition) is 1. The van der Waals surface area contributed by atoms with E-state index in [0.717, 1.165) is 31.8 Å². The second kappa shape index (κ2) is 5.33. The van der Waals surface area contributed by atoms with E-state index in [-0.39, 0.29) is 11.9 Å². The van der Waals surface area contributed by atoms with Gasteiger partial charge in [-0.3, -0.25) is 4.79 Å². The van der Waals surface area contributed by atoms with E-state index < -0.39 is 0 Å². The van der Waals surface area contributed by atoms with E-state index >= 15 is 0 Å². The molecule has 1 unspecified atom stereocenters. The molecule has 3 rings (SSSR count). The predicted molar refractivity (Wildman–Crippen MR) is 75.7 cm³/mol. The number of nitrogens with zero attached hydrogens (tertiary/aromatic N) is 1. The second-order valence-corrected chi connectivity index (χ2v) is 5.98. The standard InChI is InChI=1S/C16H22N2O/c17-15-9-8-14(13-4-2-1-3-5-13)11-18(16(15)19)10-12-6-7-12/h1-5,12,14-15H,6-11,17H2/t14-,15?/m1/s1. The summed E-state index contributed by atoms with van der Waals surface area (Å²) < 4.78 is 0. The summed E-state index contributed by atoms with van der Waals surface area (Å²) in [6.07, 6.45) is 4.36. The molecule has 0 bridgehead atoms. The average molecular weight is 258 g/mol. The van der Waals surface area contributed by atoms with E-state index in [1.54, 1.807) is 0 Å². The highest BCUT2D eigenvalue weighted by atomic mass is 16.2. The summed E-state index contributed by atoms with van der Waals surface area (Å²) >= 11 is 0. The van der Waals surface area contributed by atoms with Crippen LogP contribution in [0.15, 0.2) is 30.3 Å². The minimum Gasteiger partial charge on any atom is -0.340 e. The zero-order valence-corrected chi connectivity index (χ0v) is 11.3. The number of hydrogen-bond acceptors (Lipinski definition) is 2. The molecule has 2 aliphatic rings. The normalized spacial score (nSPS) is 28.3. The fourth-order valence-corrected chi connectivity index (χ4v) is 2.96. The summed E-state index contributed by atoms with van der Waals surface area (Å²) in [7, 11) is 0. The van der Waals surface area contributed by atoms with E-state index in [4.69, 9.17) is 5.73 Å². The Morgan fingerprint density at radius 3 is 2.53 bits per heavy atom. The van der Waals surface area contributed by atoms with Crippen molar-refractivity contribution in [3.05, 3.63) is 35.9 Å². The van der Waals surface area contributed by atoms with Crippen LogP contribution >= 0.6 is 0 Å². The molecule has 1 heterocycles. The molecular formula is C16H22N2O. The molecule has 3 heteroatoms. The first-order valence-electron chi connectivity index (χ1n) is 7.33. The molecule has 0 radical (unpaired) electrons. The Labute approximate surface area is 114 Å². The molecule has 3 nitrogen and oxygen atoms in total. The molecule has 19 heavy (non-hydrogen) atoms. The van der Waals surface area contributed by atoms with E-state index in [0.29, 0.717) is 5.92 Å². The van der Waals surface area contributed by atoms with E-state index in [1.807, 2.05) is 11.0 Å². The topological polar surface area (TPSA) is 46.3 Å². The number of likely N-dealkylation sites (tertiary alicyclic amines) is 1. The molecule has 1 saturated carbocycles. The number of benzene rings is 1. The van der Waals surface area contributed by atoms with Crippen molar-refractivity contribution in [1.82, 2.24) is 4.90 Å². The van der Waals surface area contributed by atoms with Gasteiger partial charge in [-0.15, -0.1) is 0 Å². The van der Waals surface area contributed by atoms with Gasteiger partial charge in [0.1, 0.15) is 0 Å². The van der Waals surface area contributed by atoms with Gasteiger partial charge in [-0.2, -0.15) is 0 Å². The van der Waals surface area contributed by atoms with Crippen LogP contribution in [-0.2, 0) is 4.79 Å². The molecule has 1 aromatic rings. The second-order valence-electron chi connectivity index (χ2n) is 5.98. The van der Waals surface area contributed by atoms with Gasteiger partial charge in [0.05, 0.1) is 6.04 Å². The van der Waals surface area contributed by atoms with Crippen molar-refractivity contribution in [2.75, 3.05) is 13.1 Å². The SMILES string of the molecule is NC1CC[C@@H](c2ccccc2)CN(CC2CC2)C1=O. The summed E-state index contributed by atoms with van der Waals surface area (Å²) in [6.45, 7) is 1.75. The molecule has 1 aliphatic heterocycles. The first-order chi connectivity index (χ1) is 9.24. The Morgan fingerprint density at radius 2 is 1.84 bits per heavy atom. The maximum absolute atomic E-state index is 12.3. The molecule has 0 spiro atoms. The highest BCUT2D eigenvalue weighted by Gasteiger charge is 2.33. The minimum absolute atomic E-state index is 0.158. The van der Waals surface area contributed by atoms with Crippen LogP contribution < -0.4 is 5.73 Å². The molecule has 1 aromatic carbocycles. The smallest absolute Gasteiger partial charge is 0.239 e. The van der Waals surface area contributed by atoms with Crippen molar-refractivity contribution in [2.45, 2.75) is 37.6 Å². The molecule has 2 fully saturated rings. The van der Waals surface area contributed by atoms with Crippen molar-refractivity contribution in [2.24, 2.45) is 11.7 Å². The maximum Gasteiger partial charge on any atom is 0.239 e. The van der Waals surface area contributed by atoms with Gasteiger partial charge in [0.2, 0.25) is 5.91 Å². The Bertz CT molecular complexity index is 441. The Balaban J connectivity index is 1.76. The minimum atomic E-state index is -0.299. The van der Waals surface area contributed by atoms with Crippen molar-refractivity contribution < 1.29 is 4.79 Å². The van der Waals surface area contributed by atoms with Gasteiger partial charge in [0, 0.05) is 19.0 Å². The van der Waals surface area contributed by atoms with Crippen molar-refractivity contribution in [1.29, 1.82) is 0 Å². The Morgan fingerprint density at radius 1 is 1.11 bits per heavy atom. The third kappa shape index (κ3) is 2.98. The van der Waals surface area contributed by atoms with Gasteiger partial charge in [0.25, 0.3) is 0 Å². The zero-order valence-electron chi connectivity index (χ0n) is 11.3. The summed E-state index contributed by atoms with van der Waals surface area (Å²) in [4.78, 5) is 14.3. The number of amides is 1. The highest BCUT2D eigenvalue weighted by Crippen LogP contribution is 2.33. The molecule has 1 saturated heterocycles. The van der Waals surface area contributed by atoms with E-state index in [1.165, 1.54) is 18.4 Å². The molecular weight excluding hydrogens is 236 g/mol. The molecule has 0 aromatic heterocycles. The van der Waals surface area contributed by atoms with Gasteiger partial charge in [-0.05, 0) is 37.2 Å². The molecule has 102 valence electrons. The largest absolute Gasteiger partial charge is 0.340 e. The summed E-state index contributed by atoms with van der Waals surface area (Å²) in [5.74, 6) is 1.33. The van der Waals surface area contributed by atoms with Crippen LogP contribution in [0.25, 0.3) is 0 Å². The van der Waals surface area contributed by atoms with Gasteiger partial charge in [-0.1, -0.05) is 30.3 Å². The molecule has 2 atom stereocenters. The molecule has 2 N–H and O–H groups in total. The molecule has 1 amide bonds. The van der Waals surface area contributed by atoms with Gasteiger partial charge in [-0.25, -0.2) is 0 Å². The first kappa shape index (κ1) is 12.7. The van der Waals surface area contributed by atoms with Crippen LogP contribution in [0.2, 0.25) is 0 Å². The molecule has 1 aliphatic carbocycles. The van der Waals surface area contributed by atoms with Crippen LogP contribution in [-0.4, -0.2) is 29.9 Å². The fourth-order valence-electron chi connectivity index (χ4n) is 2.96. The van der Waals surface area contributed by atoms with Crippen LogP contribution in [0, 0.1) is 5.92 Å². The number of carbonyl (C=O) groups excluding carboxylic acids is 1. The predicted octanol–water partition coefficient (Wildman–Crippen LogP) is 2.13. The van der Waals surface area contributed by atoms with Crippen molar-refractivity contribution in [3.8, 4) is 0 Å². The number of carbonyl (C=O) groups is 1. The third-order valence-electron chi connectivity index (χ3n) is 4.34. The van der Waals surface area contributed by atoms with Gasteiger partial charge >= 0.3 is 0 Å². The number of rotatable bonds is 3. The van der Waals surface area contributed by atoms with Crippen LogP contribution in [0.1, 0.15) is 37.2 Å². The average Bonchev–Trinajstić information content (AvgIpc) is 3.26. The quantitative estimate of drug-likeness (QED) is 0.902. The summed E-state index contributed by atoms with van der Waals surface area (Å²) in [5.41, 5.74) is 7.35. The third-order valence-corrected chi connectivity index (χ3v) is 4.34. The lowest BCUT2D eigenvalue weighted by molar-refractivity contribution is -0.132. The highest BCUT2D eigenvalue weighted by molar-refractivity contribution is 5.82. The van der Waals surface area contributed by atoms with Crippen LogP contribution in [0.4, 0.5) is 0 Å². The first-order valence-corrected chi connectivity index (χ1v) is 7.33. The monoisotopic (exact) mass is 258 g/mol. The van der Waals surface area contributed by atoms with Gasteiger partial charge < -0.3 is 10.6 Å². The fraction of sp³-hybridized carbons (Fsp3) is 0.562. The summed E-state index contributed by atoms with van der Waals surface area (Å²) in [5, 5.41) is 0. The van der Waals surface area contributed by atoms with E-state index in [9.17, 15) is 4.79 Å². The Kier molecular flexibility index (Phi) is 3.56.